The van der Waals surface area contributed by atoms with E-state index in [0.717, 1.165) is 47.5 Å². The van der Waals surface area contributed by atoms with Gasteiger partial charge < -0.3 is 4.74 Å². The molecular weight excluding hydrogens is 462 g/mol. The Bertz CT molecular complexity index is 973. The molecule has 0 aliphatic carbocycles. The summed E-state index contributed by atoms with van der Waals surface area (Å²) in [5.74, 6) is -0.0666. The molecule has 0 bridgehead atoms. The molecule has 0 N–H and O–H groups in total. The van der Waals surface area contributed by atoms with E-state index in [2.05, 4.69) is 20.8 Å². The molecule has 28 heavy (non-hydrogen) atoms. The van der Waals surface area contributed by atoms with Gasteiger partial charge in [-0.25, -0.2) is 4.98 Å². The molecule has 1 aliphatic heterocycles. The zero-order chi connectivity index (χ0) is 19.5. The van der Waals surface area contributed by atoms with Gasteiger partial charge in [0.05, 0.1) is 23.4 Å². The average molecular weight is 481 g/mol. The minimum absolute atomic E-state index is 0.0666. The Hall–Kier alpha value is -1.51. The molecule has 0 radical (unpaired) electrons. The Morgan fingerprint density at radius 1 is 1.21 bits per heavy atom. The van der Waals surface area contributed by atoms with E-state index in [-0.39, 0.29) is 5.91 Å². The van der Waals surface area contributed by atoms with Crippen molar-refractivity contribution in [2.45, 2.75) is 0 Å². The maximum Gasteiger partial charge on any atom is 0.260 e. The summed E-state index contributed by atoms with van der Waals surface area (Å²) < 4.78 is 7.47. The summed E-state index contributed by atoms with van der Waals surface area (Å²) >= 11 is 11.0. The number of thiazole rings is 1. The molecular formula is C20H19BrClN3O2S. The third-order valence-corrected chi connectivity index (χ3v) is 6.44. The highest BCUT2D eigenvalue weighted by molar-refractivity contribution is 9.10. The maximum absolute atomic E-state index is 13.3. The largest absolute Gasteiger partial charge is 0.379 e. The minimum Gasteiger partial charge on any atom is -0.379 e. The second kappa shape index (κ2) is 8.88. The van der Waals surface area contributed by atoms with Crippen LogP contribution in [-0.2, 0) is 4.74 Å². The highest BCUT2D eigenvalue weighted by Gasteiger charge is 2.23. The van der Waals surface area contributed by atoms with Crippen LogP contribution in [-0.4, -0.2) is 55.2 Å². The molecule has 2 aromatic carbocycles. The van der Waals surface area contributed by atoms with Crippen molar-refractivity contribution < 1.29 is 9.53 Å². The fraction of sp³-hybridized carbons (Fsp3) is 0.300. The number of amides is 1. The number of halogens is 2. The zero-order valence-corrected chi connectivity index (χ0v) is 18.3. The average Bonchev–Trinajstić information content (AvgIpc) is 3.12. The number of carbonyl (C=O) groups is 1. The summed E-state index contributed by atoms with van der Waals surface area (Å²) in [6, 6.07) is 13.0. The molecule has 1 aromatic heterocycles. The van der Waals surface area contributed by atoms with Crippen LogP contribution in [0, 0.1) is 0 Å². The second-order valence-corrected chi connectivity index (χ2v) is 8.89. The van der Waals surface area contributed by atoms with E-state index in [1.165, 1.54) is 11.3 Å². The van der Waals surface area contributed by atoms with Gasteiger partial charge in [-0.15, -0.1) is 0 Å². The van der Waals surface area contributed by atoms with Gasteiger partial charge in [0.2, 0.25) is 0 Å². The lowest BCUT2D eigenvalue weighted by Gasteiger charge is -2.29. The molecule has 8 heteroatoms. The second-order valence-electron chi connectivity index (χ2n) is 6.53. The van der Waals surface area contributed by atoms with Crippen molar-refractivity contribution in [1.29, 1.82) is 0 Å². The van der Waals surface area contributed by atoms with Crippen molar-refractivity contribution in [2.75, 3.05) is 44.3 Å². The van der Waals surface area contributed by atoms with E-state index >= 15 is 0 Å². The molecule has 1 saturated heterocycles. The Balaban J connectivity index is 1.62. The number of fused-ring (bicyclic) bond motifs is 1. The maximum atomic E-state index is 13.3. The lowest BCUT2D eigenvalue weighted by molar-refractivity contribution is 0.0391. The van der Waals surface area contributed by atoms with Gasteiger partial charge in [-0.05, 0) is 42.5 Å². The fourth-order valence-electron chi connectivity index (χ4n) is 3.10. The zero-order valence-electron chi connectivity index (χ0n) is 15.1. The van der Waals surface area contributed by atoms with E-state index < -0.39 is 0 Å². The van der Waals surface area contributed by atoms with Crippen molar-refractivity contribution in [1.82, 2.24) is 9.88 Å². The molecule has 4 rings (SSSR count). The van der Waals surface area contributed by atoms with Gasteiger partial charge in [0, 0.05) is 41.2 Å². The fourth-order valence-corrected chi connectivity index (χ4v) is 4.77. The van der Waals surface area contributed by atoms with Crippen LogP contribution in [0.15, 0.2) is 46.9 Å². The summed E-state index contributed by atoms with van der Waals surface area (Å²) in [6.45, 7) is 4.59. The summed E-state index contributed by atoms with van der Waals surface area (Å²) in [4.78, 5) is 22.1. The normalized spacial score (nSPS) is 15.1. The van der Waals surface area contributed by atoms with Gasteiger partial charge in [0.15, 0.2) is 5.13 Å². The highest BCUT2D eigenvalue weighted by Crippen LogP contribution is 2.31. The summed E-state index contributed by atoms with van der Waals surface area (Å²) in [6.07, 6.45) is 0. The Morgan fingerprint density at radius 3 is 2.71 bits per heavy atom. The van der Waals surface area contributed by atoms with Crippen LogP contribution in [0.25, 0.3) is 10.2 Å². The van der Waals surface area contributed by atoms with Gasteiger partial charge in [0.1, 0.15) is 0 Å². The first-order chi connectivity index (χ1) is 13.6. The number of nitrogens with zero attached hydrogens (tertiary/aromatic N) is 3. The van der Waals surface area contributed by atoms with Gasteiger partial charge >= 0.3 is 0 Å². The van der Waals surface area contributed by atoms with Crippen LogP contribution in [0.5, 0.6) is 0 Å². The predicted molar refractivity (Wildman–Crippen MR) is 118 cm³/mol. The number of benzene rings is 2. The van der Waals surface area contributed by atoms with Gasteiger partial charge in [-0.2, -0.15) is 0 Å². The Morgan fingerprint density at radius 2 is 1.96 bits per heavy atom. The van der Waals surface area contributed by atoms with Crippen LogP contribution >= 0.6 is 38.9 Å². The van der Waals surface area contributed by atoms with E-state index in [0.29, 0.717) is 22.3 Å². The first-order valence-corrected chi connectivity index (χ1v) is 11.0. The topological polar surface area (TPSA) is 45.7 Å². The molecule has 2 heterocycles. The molecule has 1 fully saturated rings. The Labute approximate surface area is 181 Å². The SMILES string of the molecule is O=C(c1ccc(Cl)cc1)N(CCN1CCOCC1)c1nc2ccc(Br)cc2s1. The monoisotopic (exact) mass is 479 g/mol. The van der Waals surface area contributed by atoms with Crippen LogP contribution in [0.3, 0.4) is 0 Å². The van der Waals surface area contributed by atoms with Crippen molar-refractivity contribution in [3.8, 4) is 0 Å². The van der Waals surface area contributed by atoms with E-state index in [4.69, 9.17) is 21.3 Å². The number of carbonyl (C=O) groups excluding carboxylic acids is 1. The number of anilines is 1. The van der Waals surface area contributed by atoms with Gasteiger partial charge in [0.25, 0.3) is 5.91 Å². The van der Waals surface area contributed by atoms with Crippen molar-refractivity contribution in [3.05, 3.63) is 57.5 Å². The van der Waals surface area contributed by atoms with Crippen molar-refractivity contribution >= 4 is 60.1 Å². The summed E-state index contributed by atoms with van der Waals surface area (Å²) in [5.41, 5.74) is 1.50. The van der Waals surface area contributed by atoms with E-state index in [1.807, 2.05) is 18.2 Å². The van der Waals surface area contributed by atoms with E-state index in [9.17, 15) is 4.79 Å². The predicted octanol–water partition coefficient (Wildman–Crippen LogP) is 4.69. The van der Waals surface area contributed by atoms with Crippen molar-refractivity contribution in [3.63, 3.8) is 0 Å². The quantitative estimate of drug-likeness (QED) is 0.531. The molecule has 0 unspecified atom stereocenters. The Kier molecular flexibility index (Phi) is 6.28. The molecule has 146 valence electrons. The number of ether oxygens (including phenoxy) is 1. The molecule has 1 amide bonds. The lowest BCUT2D eigenvalue weighted by atomic mass is 10.2. The van der Waals surface area contributed by atoms with Gasteiger partial charge in [-0.1, -0.05) is 38.9 Å². The van der Waals surface area contributed by atoms with Crippen LogP contribution in [0.4, 0.5) is 5.13 Å². The minimum atomic E-state index is -0.0666. The summed E-state index contributed by atoms with van der Waals surface area (Å²) in [5, 5.41) is 1.32. The molecule has 1 aliphatic rings. The molecule has 3 aromatic rings. The first-order valence-electron chi connectivity index (χ1n) is 9.04. The highest BCUT2D eigenvalue weighted by atomic mass is 79.9. The standard InChI is InChI=1S/C20H19BrClN3O2S/c21-15-3-6-17-18(13-15)28-20(23-17)25(8-7-24-9-11-27-12-10-24)19(26)14-1-4-16(22)5-2-14/h1-6,13H,7-12H2. The van der Waals surface area contributed by atoms with Gasteiger partial charge in [-0.3, -0.25) is 14.6 Å². The van der Waals surface area contributed by atoms with Crippen LogP contribution in [0.1, 0.15) is 10.4 Å². The molecule has 0 atom stereocenters. The summed E-state index contributed by atoms with van der Waals surface area (Å²) in [7, 11) is 0. The number of morpholine rings is 1. The number of aromatic nitrogens is 1. The smallest absolute Gasteiger partial charge is 0.260 e. The molecule has 0 spiro atoms. The number of rotatable bonds is 5. The third-order valence-electron chi connectivity index (χ3n) is 4.65. The van der Waals surface area contributed by atoms with E-state index in [1.54, 1.807) is 29.2 Å². The number of hydrogen-bond acceptors (Lipinski definition) is 5. The first kappa shape index (κ1) is 19.8. The third kappa shape index (κ3) is 4.55. The number of hydrogen-bond donors (Lipinski definition) is 0. The lowest BCUT2D eigenvalue weighted by Crippen LogP contribution is -2.43. The van der Waals surface area contributed by atoms with Crippen LogP contribution < -0.4 is 4.90 Å². The van der Waals surface area contributed by atoms with Crippen molar-refractivity contribution in [2.24, 2.45) is 0 Å². The molecule has 0 saturated carbocycles. The van der Waals surface area contributed by atoms with Crippen LogP contribution in [0.2, 0.25) is 5.02 Å². The molecule has 5 nitrogen and oxygen atoms in total.